The molecule has 32 heavy (non-hydrogen) atoms. The van der Waals surface area contributed by atoms with Gasteiger partial charge in [-0.1, -0.05) is 23.8 Å². The molecular weight excluding hydrogens is 411 g/mol. The van der Waals surface area contributed by atoms with Gasteiger partial charge in [0.1, 0.15) is 17.1 Å². The number of aryl methyl sites for hydroxylation is 1. The van der Waals surface area contributed by atoms with Crippen molar-refractivity contribution in [2.75, 3.05) is 26.3 Å². The Labute approximate surface area is 188 Å². The smallest absolute Gasteiger partial charge is 0.341 e. The predicted molar refractivity (Wildman–Crippen MR) is 120 cm³/mol. The summed E-state index contributed by atoms with van der Waals surface area (Å²) in [6, 6.07) is 11.9. The van der Waals surface area contributed by atoms with Crippen molar-refractivity contribution < 1.29 is 23.5 Å². The Bertz CT molecular complexity index is 947. The van der Waals surface area contributed by atoms with Crippen LogP contribution in [0.1, 0.15) is 42.3 Å². The molecule has 0 aliphatic carbocycles. The van der Waals surface area contributed by atoms with Crippen LogP contribution in [0.25, 0.3) is 0 Å². The predicted octanol–water partition coefficient (Wildman–Crippen LogP) is 3.81. The molecule has 0 aromatic heterocycles. The summed E-state index contributed by atoms with van der Waals surface area (Å²) >= 11 is 0. The van der Waals surface area contributed by atoms with E-state index in [0.29, 0.717) is 30.9 Å². The highest BCUT2D eigenvalue weighted by molar-refractivity contribution is 5.93. The minimum atomic E-state index is -0.463. The number of nitrogens with zero attached hydrogens (tertiary/aromatic N) is 2. The Morgan fingerprint density at radius 1 is 1.06 bits per heavy atom. The zero-order chi connectivity index (χ0) is 23.3. The number of piperazine rings is 1. The standard InChI is InChI=1S/C25H31FN2O4/c1-5-31-25(30)22-12-17(2)6-11-23(22)32-16-24(29)28-14-18(3)27(13-19(28)4)15-20-7-9-21(26)10-8-20/h6-12,18-19H,5,13-16H2,1-4H3/t18-,19+/m1/s1. The van der Waals surface area contributed by atoms with Crippen LogP contribution in [-0.2, 0) is 16.1 Å². The molecule has 1 aliphatic heterocycles. The Hall–Kier alpha value is -2.93. The van der Waals surface area contributed by atoms with Gasteiger partial charge in [-0.2, -0.15) is 0 Å². The van der Waals surface area contributed by atoms with Gasteiger partial charge in [0.25, 0.3) is 5.91 Å². The second kappa shape index (κ2) is 10.6. The lowest BCUT2D eigenvalue weighted by atomic mass is 10.1. The number of hydrogen-bond acceptors (Lipinski definition) is 5. The highest BCUT2D eigenvalue weighted by atomic mass is 19.1. The minimum absolute atomic E-state index is 0.00490. The van der Waals surface area contributed by atoms with Gasteiger partial charge in [-0.25, -0.2) is 9.18 Å². The summed E-state index contributed by atoms with van der Waals surface area (Å²) in [5.41, 5.74) is 2.27. The average Bonchev–Trinajstić information content (AvgIpc) is 2.76. The number of esters is 1. The second-order valence-electron chi connectivity index (χ2n) is 8.31. The summed E-state index contributed by atoms with van der Waals surface area (Å²) in [7, 11) is 0. The third-order valence-corrected chi connectivity index (χ3v) is 5.72. The zero-order valence-corrected chi connectivity index (χ0v) is 19.1. The van der Waals surface area contributed by atoms with Gasteiger partial charge in [0.05, 0.1) is 6.61 Å². The minimum Gasteiger partial charge on any atom is -0.483 e. The topological polar surface area (TPSA) is 59.1 Å². The second-order valence-corrected chi connectivity index (χ2v) is 8.31. The monoisotopic (exact) mass is 442 g/mol. The lowest BCUT2D eigenvalue weighted by Gasteiger charge is -2.44. The molecule has 7 heteroatoms. The lowest BCUT2D eigenvalue weighted by molar-refractivity contribution is -0.139. The van der Waals surface area contributed by atoms with Crippen molar-refractivity contribution in [3.8, 4) is 5.75 Å². The molecule has 1 heterocycles. The van der Waals surface area contributed by atoms with Gasteiger partial charge in [0.2, 0.25) is 0 Å². The van der Waals surface area contributed by atoms with E-state index in [9.17, 15) is 14.0 Å². The maximum Gasteiger partial charge on any atom is 0.341 e. The zero-order valence-electron chi connectivity index (χ0n) is 19.1. The third kappa shape index (κ3) is 5.85. The van der Waals surface area contributed by atoms with Gasteiger partial charge in [0.15, 0.2) is 6.61 Å². The largest absolute Gasteiger partial charge is 0.483 e. The van der Waals surface area contributed by atoms with E-state index in [-0.39, 0.29) is 37.0 Å². The molecular formula is C25H31FN2O4. The van der Waals surface area contributed by atoms with Crippen molar-refractivity contribution in [3.63, 3.8) is 0 Å². The molecule has 172 valence electrons. The number of ether oxygens (including phenoxy) is 2. The fourth-order valence-corrected chi connectivity index (χ4v) is 3.95. The molecule has 1 amide bonds. The van der Waals surface area contributed by atoms with Crippen LogP contribution in [0, 0.1) is 12.7 Å². The number of carbonyl (C=O) groups is 2. The molecule has 0 N–H and O–H groups in total. The Morgan fingerprint density at radius 3 is 2.47 bits per heavy atom. The van der Waals surface area contributed by atoms with Gasteiger partial charge < -0.3 is 14.4 Å². The first kappa shape index (κ1) is 23.7. The summed E-state index contributed by atoms with van der Waals surface area (Å²) in [5, 5.41) is 0. The van der Waals surface area contributed by atoms with Crippen molar-refractivity contribution in [2.24, 2.45) is 0 Å². The van der Waals surface area contributed by atoms with Crippen LogP contribution in [0.15, 0.2) is 42.5 Å². The Balaban J connectivity index is 1.61. The molecule has 2 atom stereocenters. The summed E-state index contributed by atoms with van der Waals surface area (Å²) in [4.78, 5) is 29.3. The highest BCUT2D eigenvalue weighted by Gasteiger charge is 2.32. The van der Waals surface area contributed by atoms with E-state index >= 15 is 0 Å². The first-order chi connectivity index (χ1) is 15.3. The Morgan fingerprint density at radius 2 is 1.78 bits per heavy atom. The van der Waals surface area contributed by atoms with Crippen LogP contribution < -0.4 is 4.74 Å². The maximum absolute atomic E-state index is 13.2. The number of rotatable bonds is 7. The van der Waals surface area contributed by atoms with E-state index < -0.39 is 5.97 Å². The van der Waals surface area contributed by atoms with Crippen LogP contribution in [0.2, 0.25) is 0 Å². The molecule has 3 rings (SSSR count). The van der Waals surface area contributed by atoms with Crippen LogP contribution >= 0.6 is 0 Å². The van der Waals surface area contributed by atoms with Crippen molar-refractivity contribution in [1.29, 1.82) is 0 Å². The number of carbonyl (C=O) groups excluding carboxylic acids is 2. The van der Waals surface area contributed by atoms with Crippen LogP contribution in [0.3, 0.4) is 0 Å². The van der Waals surface area contributed by atoms with Crippen molar-refractivity contribution >= 4 is 11.9 Å². The molecule has 2 aromatic carbocycles. The van der Waals surface area contributed by atoms with Crippen molar-refractivity contribution in [1.82, 2.24) is 9.80 Å². The number of amides is 1. The SMILES string of the molecule is CCOC(=O)c1cc(C)ccc1OCC(=O)N1C[C@@H](C)N(Cc2ccc(F)cc2)C[C@@H]1C. The summed E-state index contributed by atoms with van der Waals surface area (Å²) < 4.78 is 24.0. The normalized spacial score (nSPS) is 19.0. The molecule has 0 unspecified atom stereocenters. The number of halogens is 1. The fraction of sp³-hybridized carbons (Fsp3) is 0.440. The van der Waals surface area contributed by atoms with E-state index in [1.165, 1.54) is 12.1 Å². The molecule has 0 bridgehead atoms. The van der Waals surface area contributed by atoms with Gasteiger partial charge in [-0.3, -0.25) is 9.69 Å². The van der Waals surface area contributed by atoms with Gasteiger partial charge in [0, 0.05) is 31.7 Å². The fourth-order valence-electron chi connectivity index (χ4n) is 3.95. The van der Waals surface area contributed by atoms with E-state index in [4.69, 9.17) is 9.47 Å². The molecule has 6 nitrogen and oxygen atoms in total. The van der Waals surface area contributed by atoms with Gasteiger partial charge >= 0.3 is 5.97 Å². The first-order valence-electron chi connectivity index (χ1n) is 11.0. The molecule has 2 aromatic rings. The van der Waals surface area contributed by atoms with Crippen LogP contribution in [-0.4, -0.2) is 60.1 Å². The van der Waals surface area contributed by atoms with Crippen molar-refractivity contribution in [2.45, 2.75) is 46.3 Å². The molecule has 1 saturated heterocycles. The number of benzene rings is 2. The quantitative estimate of drug-likeness (QED) is 0.611. The molecule has 0 saturated carbocycles. The van der Waals surface area contributed by atoms with Crippen molar-refractivity contribution in [3.05, 3.63) is 65.0 Å². The third-order valence-electron chi connectivity index (χ3n) is 5.72. The van der Waals surface area contributed by atoms with E-state index in [0.717, 1.165) is 11.1 Å². The summed E-state index contributed by atoms with van der Waals surface area (Å²) in [5.74, 6) is -0.487. The van der Waals surface area contributed by atoms with E-state index in [2.05, 4.69) is 11.8 Å². The molecule has 1 fully saturated rings. The molecule has 1 aliphatic rings. The average molecular weight is 443 g/mol. The van der Waals surface area contributed by atoms with Gasteiger partial charge in [-0.15, -0.1) is 0 Å². The summed E-state index contributed by atoms with van der Waals surface area (Å²) in [6.45, 7) is 9.82. The summed E-state index contributed by atoms with van der Waals surface area (Å²) in [6.07, 6.45) is 0. The number of hydrogen-bond donors (Lipinski definition) is 0. The Kier molecular flexibility index (Phi) is 7.85. The van der Waals surface area contributed by atoms with Crippen LogP contribution in [0.4, 0.5) is 4.39 Å². The molecule has 0 spiro atoms. The van der Waals surface area contributed by atoms with E-state index in [1.807, 2.05) is 24.8 Å². The first-order valence-corrected chi connectivity index (χ1v) is 11.0. The molecule has 0 radical (unpaired) electrons. The lowest BCUT2D eigenvalue weighted by Crippen LogP contribution is -2.58. The highest BCUT2D eigenvalue weighted by Crippen LogP contribution is 2.23. The van der Waals surface area contributed by atoms with Gasteiger partial charge in [-0.05, 0) is 57.5 Å². The van der Waals surface area contributed by atoms with Crippen LogP contribution in [0.5, 0.6) is 5.75 Å². The maximum atomic E-state index is 13.2. The van der Waals surface area contributed by atoms with E-state index in [1.54, 1.807) is 31.2 Å².